The number of amides is 1. The number of nitrogens with zero attached hydrogens (tertiary/aromatic N) is 1. The summed E-state index contributed by atoms with van der Waals surface area (Å²) >= 11 is 14.8. The molecule has 1 aromatic heterocycles. The summed E-state index contributed by atoms with van der Waals surface area (Å²) in [6.45, 7) is 0. The summed E-state index contributed by atoms with van der Waals surface area (Å²) < 4.78 is 0.848. The van der Waals surface area contributed by atoms with Crippen LogP contribution in [0, 0.1) is 0 Å². The third kappa shape index (κ3) is 4.51. The van der Waals surface area contributed by atoms with Crippen molar-refractivity contribution in [3.63, 3.8) is 0 Å². The van der Waals surface area contributed by atoms with Crippen molar-refractivity contribution < 1.29 is 4.79 Å². The highest BCUT2D eigenvalue weighted by atomic mass is 79.9. The lowest BCUT2D eigenvalue weighted by molar-refractivity contribution is 0.0979. The maximum absolute atomic E-state index is 13.1. The summed E-state index contributed by atoms with van der Waals surface area (Å²) in [6, 6.07) is 24.2. The molecule has 148 valence electrons. The Labute approximate surface area is 192 Å². The van der Waals surface area contributed by atoms with Crippen LogP contribution >= 0.6 is 39.7 Å². The number of nitrogens with one attached hydrogen (secondary N) is 2. The number of carbonyl (C=O) groups excluding carboxylic acids is 1. The molecular weight excluding hydrogens is 482 g/mol. The number of pyridine rings is 1. The highest BCUT2D eigenvalue weighted by Crippen LogP contribution is 2.26. The number of halogens is 2. The number of carbonyl (C=O) groups is 1. The normalized spacial score (nSPS) is 10.6. The van der Waals surface area contributed by atoms with E-state index in [1.165, 1.54) is 0 Å². The van der Waals surface area contributed by atoms with Gasteiger partial charge in [-0.3, -0.25) is 10.1 Å². The van der Waals surface area contributed by atoms with Crippen molar-refractivity contribution >= 4 is 67.4 Å². The molecule has 0 aliphatic carbocycles. The van der Waals surface area contributed by atoms with Gasteiger partial charge in [0.1, 0.15) is 0 Å². The maximum Gasteiger partial charge on any atom is 0.258 e. The molecule has 0 aliphatic heterocycles. The van der Waals surface area contributed by atoms with Crippen molar-refractivity contribution in [2.45, 2.75) is 0 Å². The molecule has 1 heterocycles. The second-order valence-electron chi connectivity index (χ2n) is 6.47. The van der Waals surface area contributed by atoms with E-state index in [0.29, 0.717) is 16.3 Å². The Hall–Kier alpha value is -2.80. The van der Waals surface area contributed by atoms with E-state index in [-0.39, 0.29) is 11.0 Å². The summed E-state index contributed by atoms with van der Waals surface area (Å²) in [5.41, 5.74) is 3.53. The van der Waals surface area contributed by atoms with E-state index >= 15 is 0 Å². The number of rotatable bonds is 3. The smallest absolute Gasteiger partial charge is 0.258 e. The van der Waals surface area contributed by atoms with Crippen molar-refractivity contribution in [2.75, 3.05) is 5.32 Å². The maximum atomic E-state index is 13.1. The number of benzene rings is 3. The first-order valence-corrected chi connectivity index (χ1v) is 10.6. The molecule has 0 radical (unpaired) electrons. The Bertz CT molecular complexity index is 1260. The lowest BCUT2D eigenvalue weighted by Gasteiger charge is -2.13. The molecule has 4 rings (SSSR count). The van der Waals surface area contributed by atoms with Crippen LogP contribution in [0.1, 0.15) is 10.4 Å². The molecular formula is C23H15BrClN3OS. The third-order valence-corrected chi connectivity index (χ3v) is 5.60. The summed E-state index contributed by atoms with van der Waals surface area (Å²) in [5, 5.41) is 7.39. The minimum absolute atomic E-state index is 0.209. The van der Waals surface area contributed by atoms with E-state index < -0.39 is 0 Å². The molecule has 0 aliphatic rings. The number of hydrogen-bond acceptors (Lipinski definition) is 3. The average molecular weight is 497 g/mol. The van der Waals surface area contributed by atoms with Gasteiger partial charge in [0.25, 0.3) is 5.91 Å². The highest BCUT2D eigenvalue weighted by molar-refractivity contribution is 9.10. The number of thiocarbonyl (C=S) groups is 1. The number of para-hydroxylation sites is 2. The van der Waals surface area contributed by atoms with Crippen LogP contribution in [0.3, 0.4) is 0 Å². The van der Waals surface area contributed by atoms with Gasteiger partial charge in [-0.05, 0) is 64.5 Å². The zero-order chi connectivity index (χ0) is 21.1. The predicted molar refractivity (Wildman–Crippen MR) is 130 cm³/mol. The van der Waals surface area contributed by atoms with E-state index in [1.807, 2.05) is 60.7 Å². The Balaban J connectivity index is 1.66. The molecule has 1 amide bonds. The Morgan fingerprint density at radius 1 is 0.967 bits per heavy atom. The number of hydrogen-bond donors (Lipinski definition) is 2. The van der Waals surface area contributed by atoms with Gasteiger partial charge in [0.05, 0.1) is 22.5 Å². The van der Waals surface area contributed by atoms with E-state index in [2.05, 4.69) is 26.6 Å². The van der Waals surface area contributed by atoms with Gasteiger partial charge in [-0.25, -0.2) is 4.98 Å². The molecule has 3 aromatic carbocycles. The molecule has 7 heteroatoms. The Kier molecular flexibility index (Phi) is 6.08. The second-order valence-corrected chi connectivity index (χ2v) is 8.17. The van der Waals surface area contributed by atoms with Crippen molar-refractivity contribution in [1.82, 2.24) is 10.3 Å². The fraction of sp³-hybridized carbons (Fsp3) is 0. The monoisotopic (exact) mass is 495 g/mol. The SMILES string of the molecule is O=C(NC(=S)Nc1ccccc1Br)c1cc(-c2ccc(Cl)cc2)nc2ccccc12. The second kappa shape index (κ2) is 8.92. The van der Waals surface area contributed by atoms with Gasteiger partial charge >= 0.3 is 0 Å². The summed E-state index contributed by atoms with van der Waals surface area (Å²) in [5.74, 6) is -0.312. The largest absolute Gasteiger partial charge is 0.331 e. The van der Waals surface area contributed by atoms with Crippen LogP contribution < -0.4 is 10.6 Å². The highest BCUT2D eigenvalue weighted by Gasteiger charge is 2.15. The third-order valence-electron chi connectivity index (χ3n) is 4.45. The van der Waals surface area contributed by atoms with Gasteiger partial charge in [-0.1, -0.05) is 54.1 Å². The summed E-state index contributed by atoms with van der Waals surface area (Å²) in [6.07, 6.45) is 0. The molecule has 0 saturated carbocycles. The Morgan fingerprint density at radius 3 is 2.43 bits per heavy atom. The molecule has 0 fully saturated rings. The number of anilines is 1. The Morgan fingerprint density at radius 2 is 1.67 bits per heavy atom. The zero-order valence-electron chi connectivity index (χ0n) is 15.5. The quantitative estimate of drug-likeness (QED) is 0.320. The number of fused-ring (bicyclic) bond motifs is 1. The van der Waals surface area contributed by atoms with Gasteiger partial charge in [0, 0.05) is 20.4 Å². The van der Waals surface area contributed by atoms with E-state index in [4.69, 9.17) is 28.8 Å². The molecule has 0 saturated heterocycles. The van der Waals surface area contributed by atoms with Crippen LogP contribution in [-0.4, -0.2) is 16.0 Å². The van der Waals surface area contributed by atoms with Crippen LogP contribution in [0.2, 0.25) is 5.02 Å². The van der Waals surface area contributed by atoms with E-state index in [0.717, 1.165) is 26.6 Å². The first-order chi connectivity index (χ1) is 14.5. The summed E-state index contributed by atoms with van der Waals surface area (Å²) in [4.78, 5) is 17.8. The minimum Gasteiger partial charge on any atom is -0.331 e. The summed E-state index contributed by atoms with van der Waals surface area (Å²) in [7, 11) is 0. The average Bonchev–Trinajstić information content (AvgIpc) is 2.75. The van der Waals surface area contributed by atoms with Crippen molar-refractivity contribution in [1.29, 1.82) is 0 Å². The molecule has 0 unspecified atom stereocenters. The van der Waals surface area contributed by atoms with Crippen molar-refractivity contribution in [3.8, 4) is 11.3 Å². The zero-order valence-corrected chi connectivity index (χ0v) is 18.7. The van der Waals surface area contributed by atoms with Gasteiger partial charge in [0.15, 0.2) is 5.11 Å². The van der Waals surface area contributed by atoms with Gasteiger partial charge < -0.3 is 5.32 Å². The standard InChI is InChI=1S/C23H15BrClN3OS/c24-18-6-2-4-8-20(18)27-23(30)28-22(29)17-13-21(14-9-11-15(25)12-10-14)26-19-7-3-1-5-16(17)19/h1-13H,(H2,27,28,29,30). The molecule has 4 nitrogen and oxygen atoms in total. The van der Waals surface area contributed by atoms with Crippen molar-refractivity contribution in [3.05, 3.63) is 93.9 Å². The minimum atomic E-state index is -0.312. The van der Waals surface area contributed by atoms with Crippen LogP contribution in [0.15, 0.2) is 83.3 Å². The molecule has 30 heavy (non-hydrogen) atoms. The molecule has 0 bridgehead atoms. The van der Waals surface area contributed by atoms with Crippen molar-refractivity contribution in [2.24, 2.45) is 0 Å². The molecule has 0 spiro atoms. The van der Waals surface area contributed by atoms with Gasteiger partial charge in [-0.15, -0.1) is 0 Å². The van der Waals surface area contributed by atoms with Crippen LogP contribution in [0.25, 0.3) is 22.2 Å². The fourth-order valence-electron chi connectivity index (χ4n) is 3.02. The fourth-order valence-corrected chi connectivity index (χ4v) is 3.73. The molecule has 0 atom stereocenters. The van der Waals surface area contributed by atoms with Crippen LogP contribution in [0.4, 0.5) is 5.69 Å². The topological polar surface area (TPSA) is 54.0 Å². The van der Waals surface area contributed by atoms with Crippen LogP contribution in [-0.2, 0) is 0 Å². The molecule has 2 N–H and O–H groups in total. The van der Waals surface area contributed by atoms with Gasteiger partial charge in [-0.2, -0.15) is 0 Å². The van der Waals surface area contributed by atoms with Gasteiger partial charge in [0.2, 0.25) is 0 Å². The van der Waals surface area contributed by atoms with E-state index in [1.54, 1.807) is 18.2 Å². The first kappa shape index (κ1) is 20.5. The first-order valence-electron chi connectivity index (χ1n) is 9.04. The molecule has 4 aromatic rings. The lowest BCUT2D eigenvalue weighted by atomic mass is 10.0. The van der Waals surface area contributed by atoms with Crippen LogP contribution in [0.5, 0.6) is 0 Å². The predicted octanol–water partition coefficient (Wildman–Crippen LogP) is 6.44. The lowest BCUT2D eigenvalue weighted by Crippen LogP contribution is -2.34. The number of aromatic nitrogens is 1. The van der Waals surface area contributed by atoms with E-state index in [9.17, 15) is 4.79 Å².